The minimum absolute atomic E-state index is 0.0519. The van der Waals surface area contributed by atoms with E-state index in [1.807, 2.05) is 30.3 Å². The van der Waals surface area contributed by atoms with Crippen LogP contribution in [0.15, 0.2) is 30.3 Å². The molecule has 0 unspecified atom stereocenters. The molecule has 0 radical (unpaired) electrons. The van der Waals surface area contributed by atoms with E-state index in [4.69, 9.17) is 4.74 Å². The third-order valence-corrected chi connectivity index (χ3v) is 1.93. The van der Waals surface area contributed by atoms with E-state index >= 15 is 0 Å². The van der Waals surface area contributed by atoms with E-state index in [1.165, 1.54) is 0 Å². The normalized spacial score (nSPS) is 18.3. The highest BCUT2D eigenvalue weighted by Crippen LogP contribution is 2.07. The second-order valence-electron chi connectivity index (χ2n) is 3.06. The van der Waals surface area contributed by atoms with Gasteiger partial charge in [-0.15, -0.1) is 0 Å². The lowest BCUT2D eigenvalue weighted by molar-refractivity contribution is -0.543. The van der Waals surface area contributed by atoms with Crippen LogP contribution in [0.2, 0.25) is 0 Å². The molecule has 1 heterocycles. The lowest BCUT2D eigenvalue weighted by atomic mass is 10.2. The Kier molecular flexibility index (Phi) is 3.48. The van der Waals surface area contributed by atoms with Crippen LogP contribution < -0.4 is 0 Å². The molecule has 0 bridgehead atoms. The Morgan fingerprint density at radius 3 is 2.57 bits per heavy atom. The van der Waals surface area contributed by atoms with E-state index in [2.05, 4.69) is 14.8 Å². The zero-order chi connectivity index (χ0) is 9.64. The molecule has 0 aromatic heterocycles. The van der Waals surface area contributed by atoms with Gasteiger partial charge in [0.1, 0.15) is 19.3 Å². The molecule has 1 saturated heterocycles. The third-order valence-electron chi connectivity index (χ3n) is 1.93. The van der Waals surface area contributed by atoms with Crippen LogP contribution in [0.4, 0.5) is 0 Å². The third kappa shape index (κ3) is 2.78. The first-order valence-corrected chi connectivity index (χ1v) is 4.52. The van der Waals surface area contributed by atoms with Gasteiger partial charge in [0, 0.05) is 0 Å². The van der Waals surface area contributed by atoms with Crippen LogP contribution in [-0.2, 0) is 26.2 Å². The van der Waals surface area contributed by atoms with Gasteiger partial charge in [-0.1, -0.05) is 35.4 Å². The van der Waals surface area contributed by atoms with Crippen LogP contribution >= 0.6 is 0 Å². The van der Waals surface area contributed by atoms with Crippen molar-refractivity contribution in [1.29, 1.82) is 0 Å². The molecule has 0 N–H and O–H groups in total. The molecule has 0 saturated carbocycles. The van der Waals surface area contributed by atoms with Crippen LogP contribution in [0.5, 0.6) is 0 Å². The maximum atomic E-state index is 5.54. The molecular weight excluding hydrogens is 184 g/mol. The van der Waals surface area contributed by atoms with Crippen molar-refractivity contribution < 1.29 is 19.6 Å². The predicted octanol–water partition coefficient (Wildman–Crippen LogP) is 1.47. The summed E-state index contributed by atoms with van der Waals surface area (Å²) in [4.78, 5) is 9.25. The zero-order valence-electron chi connectivity index (χ0n) is 7.72. The second-order valence-corrected chi connectivity index (χ2v) is 3.06. The summed E-state index contributed by atoms with van der Waals surface area (Å²) < 4.78 is 5.54. The van der Waals surface area contributed by atoms with E-state index < -0.39 is 0 Å². The Hall–Kier alpha value is -0.940. The maximum absolute atomic E-state index is 5.54. The van der Waals surface area contributed by atoms with Crippen molar-refractivity contribution in [3.63, 3.8) is 0 Å². The molecule has 76 valence electrons. The van der Waals surface area contributed by atoms with Gasteiger partial charge in [-0.25, -0.2) is 9.78 Å². The molecule has 14 heavy (non-hydrogen) atoms. The number of hydrogen-bond acceptors (Lipinski definition) is 4. The molecule has 1 aromatic rings. The van der Waals surface area contributed by atoms with Gasteiger partial charge in [-0.2, -0.15) is 0 Å². The van der Waals surface area contributed by atoms with Crippen molar-refractivity contribution in [2.45, 2.75) is 12.7 Å². The van der Waals surface area contributed by atoms with Crippen molar-refractivity contribution in [3.8, 4) is 0 Å². The Labute approximate surface area is 82.2 Å². The van der Waals surface area contributed by atoms with Gasteiger partial charge in [0.2, 0.25) is 0 Å². The smallest absolute Gasteiger partial charge is 0.114 e. The molecule has 0 amide bonds. The average Bonchev–Trinajstić information content (AvgIpc) is 2.29. The lowest BCUT2D eigenvalue weighted by Gasteiger charge is -2.20. The van der Waals surface area contributed by atoms with Crippen LogP contribution in [0, 0.1) is 0 Å². The highest BCUT2D eigenvalue weighted by Gasteiger charge is 2.16. The molecule has 1 aromatic carbocycles. The summed E-state index contributed by atoms with van der Waals surface area (Å²) in [5, 5.41) is 4.27. The summed E-state index contributed by atoms with van der Waals surface area (Å²) in [6.07, 6.45) is -0.0519. The molecule has 0 aliphatic carbocycles. The summed E-state index contributed by atoms with van der Waals surface area (Å²) in [7, 11) is 0. The van der Waals surface area contributed by atoms with E-state index in [-0.39, 0.29) is 6.10 Å². The van der Waals surface area contributed by atoms with E-state index in [1.54, 1.807) is 0 Å². The molecule has 0 atom stereocenters. The van der Waals surface area contributed by atoms with Crippen molar-refractivity contribution in [2.24, 2.45) is 0 Å². The molecule has 4 heteroatoms. The second kappa shape index (κ2) is 5.07. The van der Waals surface area contributed by atoms with Crippen LogP contribution in [0.3, 0.4) is 0 Å². The monoisotopic (exact) mass is 196 g/mol. The molecule has 0 spiro atoms. The Morgan fingerprint density at radius 2 is 1.86 bits per heavy atom. The molecule has 1 fully saturated rings. The number of benzene rings is 1. The predicted molar refractivity (Wildman–Crippen MR) is 48.0 cm³/mol. The molecule has 1 aliphatic heterocycles. The van der Waals surface area contributed by atoms with E-state index in [0.717, 1.165) is 5.56 Å². The first-order valence-electron chi connectivity index (χ1n) is 4.52. The highest BCUT2D eigenvalue weighted by atomic mass is 17.5. The molecule has 4 nitrogen and oxygen atoms in total. The Balaban J connectivity index is 1.76. The average molecular weight is 196 g/mol. The fraction of sp³-hybridized carbons (Fsp3) is 0.400. The highest BCUT2D eigenvalue weighted by molar-refractivity contribution is 5.13. The quantitative estimate of drug-likeness (QED) is 0.686. The SMILES string of the molecule is c1ccc(COC2COOOC2)cc1. The minimum Gasteiger partial charge on any atom is -0.368 e. The summed E-state index contributed by atoms with van der Waals surface area (Å²) in [6.45, 7) is 1.39. The van der Waals surface area contributed by atoms with Gasteiger partial charge in [-0.05, 0) is 5.56 Å². The van der Waals surface area contributed by atoms with Crippen molar-refractivity contribution in [3.05, 3.63) is 35.9 Å². The number of rotatable bonds is 3. The zero-order valence-corrected chi connectivity index (χ0v) is 7.72. The first-order chi connectivity index (χ1) is 6.95. The molecular formula is C10H12O4. The lowest BCUT2D eigenvalue weighted by Crippen LogP contribution is -2.30. The maximum Gasteiger partial charge on any atom is 0.114 e. The summed E-state index contributed by atoms with van der Waals surface area (Å²) in [6, 6.07) is 9.97. The Morgan fingerprint density at radius 1 is 1.14 bits per heavy atom. The molecule has 1 aliphatic rings. The van der Waals surface area contributed by atoms with Gasteiger partial charge in [0.15, 0.2) is 0 Å². The van der Waals surface area contributed by atoms with Gasteiger partial charge in [0.25, 0.3) is 0 Å². The van der Waals surface area contributed by atoms with Crippen molar-refractivity contribution >= 4 is 0 Å². The van der Waals surface area contributed by atoms with E-state index in [0.29, 0.717) is 19.8 Å². The van der Waals surface area contributed by atoms with E-state index in [9.17, 15) is 0 Å². The van der Waals surface area contributed by atoms with Crippen LogP contribution in [0.25, 0.3) is 0 Å². The fourth-order valence-corrected chi connectivity index (χ4v) is 1.17. The minimum atomic E-state index is -0.0519. The van der Waals surface area contributed by atoms with Crippen LogP contribution in [0.1, 0.15) is 5.56 Å². The fourth-order valence-electron chi connectivity index (χ4n) is 1.17. The van der Waals surface area contributed by atoms with Gasteiger partial charge >= 0.3 is 0 Å². The number of hydrogen-bond donors (Lipinski definition) is 0. The Bertz CT molecular complexity index is 256. The summed E-state index contributed by atoms with van der Waals surface area (Å²) >= 11 is 0. The van der Waals surface area contributed by atoms with Crippen molar-refractivity contribution in [2.75, 3.05) is 13.2 Å². The van der Waals surface area contributed by atoms with Gasteiger partial charge in [0.05, 0.1) is 6.61 Å². The van der Waals surface area contributed by atoms with Gasteiger partial charge < -0.3 is 4.74 Å². The summed E-state index contributed by atoms with van der Waals surface area (Å²) in [5.41, 5.74) is 1.14. The number of ether oxygens (including phenoxy) is 1. The van der Waals surface area contributed by atoms with Gasteiger partial charge in [-0.3, -0.25) is 0 Å². The summed E-state index contributed by atoms with van der Waals surface area (Å²) in [5.74, 6) is 0. The largest absolute Gasteiger partial charge is 0.368 e. The standard InChI is InChI=1S/C10H12O4/c1-2-4-9(5-3-1)6-11-10-7-12-14-13-8-10/h1-5,10H,6-8H2. The topological polar surface area (TPSA) is 36.9 Å². The van der Waals surface area contributed by atoms with Crippen LogP contribution in [-0.4, -0.2) is 19.3 Å². The molecule has 2 rings (SSSR count). The first kappa shape index (κ1) is 9.61. The van der Waals surface area contributed by atoms with Crippen molar-refractivity contribution in [1.82, 2.24) is 0 Å².